The van der Waals surface area contributed by atoms with Crippen LogP contribution in [0.25, 0.3) is 11.3 Å². The molecule has 3 nitrogen and oxygen atoms in total. The minimum atomic E-state index is -0.281. The highest BCUT2D eigenvalue weighted by Crippen LogP contribution is 2.32. The molecule has 2 rings (SSSR count). The maximum Gasteiger partial charge on any atom is 0.132 e. The van der Waals surface area contributed by atoms with Crippen molar-refractivity contribution in [3.63, 3.8) is 0 Å². The van der Waals surface area contributed by atoms with Crippen LogP contribution in [0.5, 0.6) is 0 Å². The van der Waals surface area contributed by atoms with E-state index in [0.29, 0.717) is 23.0 Å². The largest absolute Gasteiger partial charge is 0.383 e. The van der Waals surface area contributed by atoms with Crippen LogP contribution in [-0.4, -0.2) is 9.55 Å². The third-order valence-corrected chi connectivity index (χ3v) is 3.48. The van der Waals surface area contributed by atoms with Crippen LogP contribution in [0.1, 0.15) is 45.0 Å². The number of hydrogen-bond acceptors (Lipinski definition) is 2. The summed E-state index contributed by atoms with van der Waals surface area (Å²) in [6, 6.07) is 5.03. The summed E-state index contributed by atoms with van der Waals surface area (Å²) in [6.07, 6.45) is 0. The molecular weight excluding hydrogens is 265 g/mol. The number of benzene rings is 1. The van der Waals surface area contributed by atoms with E-state index in [9.17, 15) is 4.39 Å². The van der Waals surface area contributed by atoms with E-state index in [1.54, 1.807) is 12.1 Å². The lowest BCUT2D eigenvalue weighted by Gasteiger charge is -2.14. The van der Waals surface area contributed by atoms with Crippen molar-refractivity contribution in [2.75, 3.05) is 5.73 Å². The first-order valence-corrected chi connectivity index (χ1v) is 7.43. The van der Waals surface area contributed by atoms with Crippen LogP contribution in [0, 0.1) is 18.7 Å². The van der Waals surface area contributed by atoms with Gasteiger partial charge in [-0.15, -0.1) is 0 Å². The maximum absolute atomic E-state index is 14.1. The molecule has 0 saturated carbocycles. The monoisotopic (exact) mass is 289 g/mol. The lowest BCUT2D eigenvalue weighted by molar-refractivity contribution is 0.502. The smallest absolute Gasteiger partial charge is 0.132 e. The van der Waals surface area contributed by atoms with Crippen molar-refractivity contribution in [1.82, 2.24) is 9.55 Å². The van der Waals surface area contributed by atoms with Crippen molar-refractivity contribution >= 4 is 5.82 Å². The van der Waals surface area contributed by atoms with Gasteiger partial charge in [-0.3, -0.25) is 0 Å². The molecule has 0 unspecified atom stereocenters. The van der Waals surface area contributed by atoms with Gasteiger partial charge < -0.3 is 10.3 Å². The van der Waals surface area contributed by atoms with E-state index in [2.05, 4.69) is 32.7 Å². The number of hydrogen-bond donors (Lipinski definition) is 1. The van der Waals surface area contributed by atoms with Crippen molar-refractivity contribution in [1.29, 1.82) is 0 Å². The van der Waals surface area contributed by atoms with E-state index < -0.39 is 0 Å². The summed E-state index contributed by atoms with van der Waals surface area (Å²) in [7, 11) is 0. The van der Waals surface area contributed by atoms with Gasteiger partial charge in [0.1, 0.15) is 23.2 Å². The van der Waals surface area contributed by atoms with Crippen LogP contribution in [0.2, 0.25) is 0 Å². The second-order valence-electron chi connectivity index (χ2n) is 6.35. The Bertz CT molecular complexity index is 642. The van der Waals surface area contributed by atoms with Crippen molar-refractivity contribution in [3.05, 3.63) is 35.4 Å². The minimum absolute atomic E-state index is 0.243. The van der Waals surface area contributed by atoms with E-state index in [1.165, 1.54) is 6.07 Å². The number of nitrogen functional groups attached to an aromatic ring is 1. The average molecular weight is 289 g/mol. The summed E-state index contributed by atoms with van der Waals surface area (Å²) in [5.74, 6) is 1.88. The van der Waals surface area contributed by atoms with Crippen molar-refractivity contribution in [2.45, 2.75) is 47.1 Å². The lowest BCUT2D eigenvalue weighted by Crippen LogP contribution is -2.12. The Morgan fingerprint density at radius 1 is 1.24 bits per heavy atom. The Balaban J connectivity index is 2.62. The van der Waals surface area contributed by atoms with Gasteiger partial charge in [0.25, 0.3) is 0 Å². The molecule has 1 aromatic heterocycles. The summed E-state index contributed by atoms with van der Waals surface area (Å²) in [6.45, 7) is 11.2. The molecule has 114 valence electrons. The molecule has 2 aromatic rings. The first-order valence-electron chi connectivity index (χ1n) is 7.43. The fourth-order valence-electron chi connectivity index (χ4n) is 2.50. The number of halogens is 1. The summed E-state index contributed by atoms with van der Waals surface area (Å²) < 4.78 is 16.2. The Hall–Kier alpha value is -1.84. The second kappa shape index (κ2) is 5.88. The molecule has 2 N–H and O–H groups in total. The second-order valence-corrected chi connectivity index (χ2v) is 6.35. The number of nitrogens with zero attached hydrogens (tertiary/aromatic N) is 2. The average Bonchev–Trinajstić information content (AvgIpc) is 2.70. The molecule has 1 heterocycles. The van der Waals surface area contributed by atoms with Gasteiger partial charge in [-0.25, -0.2) is 9.37 Å². The minimum Gasteiger partial charge on any atom is -0.383 e. The summed E-state index contributed by atoms with van der Waals surface area (Å²) >= 11 is 0. The van der Waals surface area contributed by atoms with Gasteiger partial charge in [0, 0.05) is 18.0 Å². The Morgan fingerprint density at radius 2 is 1.90 bits per heavy atom. The van der Waals surface area contributed by atoms with Crippen molar-refractivity contribution in [3.8, 4) is 11.3 Å². The Kier molecular flexibility index (Phi) is 4.35. The van der Waals surface area contributed by atoms with E-state index in [-0.39, 0.29) is 11.7 Å². The molecule has 4 heteroatoms. The highest BCUT2D eigenvalue weighted by Gasteiger charge is 2.20. The summed E-state index contributed by atoms with van der Waals surface area (Å²) in [4.78, 5) is 4.63. The van der Waals surface area contributed by atoms with Crippen LogP contribution in [0.4, 0.5) is 10.2 Å². The van der Waals surface area contributed by atoms with Gasteiger partial charge in [0.05, 0.1) is 0 Å². The van der Waals surface area contributed by atoms with Crippen LogP contribution >= 0.6 is 0 Å². The molecule has 0 radical (unpaired) electrons. The zero-order valence-electron chi connectivity index (χ0n) is 13.4. The van der Waals surface area contributed by atoms with E-state index >= 15 is 0 Å². The van der Waals surface area contributed by atoms with Crippen LogP contribution in [0.3, 0.4) is 0 Å². The zero-order valence-corrected chi connectivity index (χ0v) is 13.4. The number of nitrogens with two attached hydrogens (primary N) is 1. The molecule has 0 aliphatic carbocycles. The molecule has 0 spiro atoms. The van der Waals surface area contributed by atoms with Gasteiger partial charge in [-0.2, -0.15) is 0 Å². The van der Waals surface area contributed by atoms with Gasteiger partial charge in [-0.1, -0.05) is 39.3 Å². The van der Waals surface area contributed by atoms with Crippen molar-refractivity contribution in [2.24, 2.45) is 5.92 Å². The Labute approximate surface area is 126 Å². The van der Waals surface area contributed by atoms with Crippen molar-refractivity contribution < 1.29 is 4.39 Å². The fourth-order valence-corrected chi connectivity index (χ4v) is 2.50. The van der Waals surface area contributed by atoms with E-state index in [1.807, 2.05) is 11.5 Å². The van der Waals surface area contributed by atoms with Gasteiger partial charge >= 0.3 is 0 Å². The van der Waals surface area contributed by atoms with Crippen LogP contribution in [-0.2, 0) is 6.54 Å². The van der Waals surface area contributed by atoms with Crippen LogP contribution in [0.15, 0.2) is 18.2 Å². The highest BCUT2D eigenvalue weighted by atomic mass is 19.1. The first kappa shape index (κ1) is 15.5. The molecule has 21 heavy (non-hydrogen) atoms. The topological polar surface area (TPSA) is 43.8 Å². The molecular formula is C17H24FN3. The number of rotatable bonds is 4. The molecule has 0 atom stereocenters. The SMILES string of the molecule is Cc1ccc(F)c(-c2nc(C(C)C)n(CC(C)C)c2N)c1. The number of aryl methyl sites for hydroxylation is 1. The molecule has 0 amide bonds. The molecule has 0 aliphatic heterocycles. The molecule has 0 fully saturated rings. The lowest BCUT2D eigenvalue weighted by atomic mass is 10.1. The number of imidazole rings is 1. The molecule has 1 aromatic carbocycles. The standard InChI is InChI=1S/C17H24FN3/c1-10(2)9-21-16(19)15(20-17(21)11(3)4)13-8-12(5)6-7-14(13)18/h6-8,10-11H,9,19H2,1-5H3. The quantitative estimate of drug-likeness (QED) is 0.908. The van der Waals surface area contributed by atoms with E-state index in [4.69, 9.17) is 5.73 Å². The predicted molar refractivity (Wildman–Crippen MR) is 85.7 cm³/mol. The number of anilines is 1. The number of aromatic nitrogens is 2. The van der Waals surface area contributed by atoms with Gasteiger partial charge in [0.15, 0.2) is 0 Å². The Morgan fingerprint density at radius 3 is 2.48 bits per heavy atom. The predicted octanol–water partition coefficient (Wildman–Crippen LogP) is 4.36. The molecule has 0 saturated heterocycles. The van der Waals surface area contributed by atoms with E-state index in [0.717, 1.165) is 17.9 Å². The normalized spacial score (nSPS) is 11.6. The van der Waals surface area contributed by atoms with Crippen LogP contribution < -0.4 is 5.73 Å². The zero-order chi connectivity index (χ0) is 15.7. The third-order valence-electron chi connectivity index (χ3n) is 3.48. The maximum atomic E-state index is 14.1. The molecule has 0 bridgehead atoms. The van der Waals surface area contributed by atoms with Gasteiger partial charge in [-0.05, 0) is 25.0 Å². The van der Waals surface area contributed by atoms with Gasteiger partial charge in [0.2, 0.25) is 0 Å². The molecule has 0 aliphatic rings. The third kappa shape index (κ3) is 3.09. The first-order chi connectivity index (χ1) is 9.81. The fraction of sp³-hybridized carbons (Fsp3) is 0.471. The highest BCUT2D eigenvalue weighted by molar-refractivity contribution is 5.72. The summed E-state index contributed by atoms with van der Waals surface area (Å²) in [5, 5.41) is 0. The summed E-state index contributed by atoms with van der Waals surface area (Å²) in [5.41, 5.74) is 8.31.